The van der Waals surface area contributed by atoms with Crippen LogP contribution < -0.4 is 5.32 Å². The number of nitrogens with zero attached hydrogens (tertiary/aromatic N) is 1. The first kappa shape index (κ1) is 12.3. The molecule has 4 nitrogen and oxygen atoms in total. The zero-order valence-electron chi connectivity index (χ0n) is 8.71. The van der Waals surface area contributed by atoms with Gasteiger partial charge in [-0.2, -0.15) is 0 Å². The number of aromatic amines is 1. The molecule has 0 saturated carbocycles. The monoisotopic (exact) mass is 357 g/mol. The molecule has 0 radical (unpaired) electrons. The normalized spacial score (nSPS) is 10.2. The molecule has 0 aliphatic carbocycles. The molecule has 1 aromatic carbocycles. The molecule has 1 amide bonds. The van der Waals surface area contributed by atoms with Crippen molar-refractivity contribution in [2.24, 2.45) is 0 Å². The molecule has 1 aromatic heterocycles. The van der Waals surface area contributed by atoms with Gasteiger partial charge in [-0.05, 0) is 34.1 Å². The molecule has 1 heterocycles. The number of benzene rings is 1. The Labute approximate surface area is 115 Å². The van der Waals surface area contributed by atoms with Crippen molar-refractivity contribution >= 4 is 37.8 Å². The van der Waals surface area contributed by atoms with Crippen LogP contribution in [0.25, 0.3) is 0 Å². The maximum atomic E-state index is 11.9. The van der Waals surface area contributed by atoms with E-state index in [0.29, 0.717) is 12.1 Å². The van der Waals surface area contributed by atoms with Crippen molar-refractivity contribution in [3.05, 3.63) is 50.9 Å². The second kappa shape index (κ2) is 5.46. The van der Waals surface area contributed by atoms with Gasteiger partial charge in [0, 0.05) is 15.1 Å². The lowest BCUT2D eigenvalue weighted by atomic mass is 10.2. The van der Waals surface area contributed by atoms with Crippen molar-refractivity contribution in [3.63, 3.8) is 0 Å². The number of rotatable bonds is 3. The van der Waals surface area contributed by atoms with Crippen molar-refractivity contribution in [1.29, 1.82) is 0 Å². The number of amides is 1. The average molecular weight is 359 g/mol. The number of carbonyl (C=O) groups is 1. The lowest BCUT2D eigenvalue weighted by molar-refractivity contribution is 0.0949. The highest BCUT2D eigenvalue weighted by molar-refractivity contribution is 9.11. The molecule has 0 aliphatic heterocycles. The van der Waals surface area contributed by atoms with Crippen LogP contribution in [0, 0.1) is 0 Å². The summed E-state index contributed by atoms with van der Waals surface area (Å²) in [6.45, 7) is 0.428. The molecule has 88 valence electrons. The molecule has 2 rings (SSSR count). The van der Waals surface area contributed by atoms with E-state index in [1.807, 2.05) is 12.1 Å². The summed E-state index contributed by atoms with van der Waals surface area (Å²) in [6, 6.07) is 5.47. The summed E-state index contributed by atoms with van der Waals surface area (Å²) < 4.78 is 1.63. The van der Waals surface area contributed by atoms with Crippen LogP contribution >= 0.6 is 31.9 Å². The van der Waals surface area contributed by atoms with E-state index in [1.165, 1.54) is 0 Å². The minimum atomic E-state index is -0.132. The standard InChI is InChI=1S/C11H9Br2N3O/c12-7-1-2-10(13)9(3-7)11(17)15-5-8-4-14-6-16-8/h1-4,6H,5H2,(H,14,16)(H,15,17). The molecule has 0 atom stereocenters. The predicted molar refractivity (Wildman–Crippen MR) is 71.6 cm³/mol. The van der Waals surface area contributed by atoms with Gasteiger partial charge in [0.25, 0.3) is 5.91 Å². The van der Waals surface area contributed by atoms with Crippen LogP contribution in [0.15, 0.2) is 39.7 Å². The maximum Gasteiger partial charge on any atom is 0.252 e. The quantitative estimate of drug-likeness (QED) is 0.886. The molecular formula is C11H9Br2N3O. The largest absolute Gasteiger partial charge is 0.347 e. The van der Waals surface area contributed by atoms with E-state index < -0.39 is 0 Å². The fraction of sp³-hybridized carbons (Fsp3) is 0.0909. The molecule has 0 saturated heterocycles. The highest BCUT2D eigenvalue weighted by Gasteiger charge is 2.10. The third-order valence-electron chi connectivity index (χ3n) is 2.17. The molecule has 2 aromatic rings. The minimum absolute atomic E-state index is 0.132. The van der Waals surface area contributed by atoms with Gasteiger partial charge in [-0.15, -0.1) is 0 Å². The van der Waals surface area contributed by atoms with Gasteiger partial charge >= 0.3 is 0 Å². The maximum absolute atomic E-state index is 11.9. The Morgan fingerprint density at radius 3 is 2.94 bits per heavy atom. The van der Waals surface area contributed by atoms with Crippen LogP contribution in [-0.4, -0.2) is 15.9 Å². The molecule has 0 unspecified atom stereocenters. The van der Waals surface area contributed by atoms with Crippen molar-refractivity contribution < 1.29 is 4.79 Å². The lowest BCUT2D eigenvalue weighted by Crippen LogP contribution is -2.23. The molecule has 17 heavy (non-hydrogen) atoms. The Bertz CT molecular complexity index is 526. The van der Waals surface area contributed by atoms with Gasteiger partial charge in [0.15, 0.2) is 0 Å². The smallest absolute Gasteiger partial charge is 0.252 e. The number of carbonyl (C=O) groups excluding carboxylic acids is 1. The minimum Gasteiger partial charge on any atom is -0.347 e. The Kier molecular flexibility index (Phi) is 3.96. The molecule has 6 heteroatoms. The second-order valence-corrected chi connectivity index (χ2v) is 5.15. The second-order valence-electron chi connectivity index (χ2n) is 3.38. The number of halogens is 2. The Morgan fingerprint density at radius 2 is 2.24 bits per heavy atom. The third kappa shape index (κ3) is 3.17. The first-order chi connectivity index (χ1) is 8.16. The van der Waals surface area contributed by atoms with E-state index in [1.54, 1.807) is 18.6 Å². The number of imidazole rings is 1. The number of aromatic nitrogens is 2. The molecule has 0 aliphatic rings. The summed E-state index contributed by atoms with van der Waals surface area (Å²) in [5.41, 5.74) is 1.46. The first-order valence-electron chi connectivity index (χ1n) is 4.87. The van der Waals surface area contributed by atoms with Gasteiger partial charge in [-0.3, -0.25) is 4.79 Å². The highest BCUT2D eigenvalue weighted by atomic mass is 79.9. The number of hydrogen-bond donors (Lipinski definition) is 2. The van der Waals surface area contributed by atoms with Crippen LogP contribution in [0.5, 0.6) is 0 Å². The Morgan fingerprint density at radius 1 is 1.41 bits per heavy atom. The van der Waals surface area contributed by atoms with Crippen molar-refractivity contribution in [2.45, 2.75) is 6.54 Å². The summed E-state index contributed by atoms with van der Waals surface area (Å²) in [7, 11) is 0. The van der Waals surface area contributed by atoms with Gasteiger partial charge in [-0.1, -0.05) is 15.9 Å². The molecular weight excluding hydrogens is 350 g/mol. The SMILES string of the molecule is O=C(NCc1cnc[nH]1)c1cc(Br)ccc1Br. The average Bonchev–Trinajstić information content (AvgIpc) is 2.82. The summed E-state index contributed by atoms with van der Waals surface area (Å²) in [5.74, 6) is -0.132. The number of H-pyrrole nitrogens is 1. The molecule has 2 N–H and O–H groups in total. The Hall–Kier alpha value is -1.14. The molecule has 0 spiro atoms. The fourth-order valence-electron chi connectivity index (χ4n) is 1.32. The number of nitrogens with one attached hydrogen (secondary N) is 2. The van der Waals surface area contributed by atoms with E-state index in [-0.39, 0.29) is 5.91 Å². The Balaban J connectivity index is 2.07. The van der Waals surface area contributed by atoms with Crippen LogP contribution in [0.4, 0.5) is 0 Å². The van der Waals surface area contributed by atoms with Crippen LogP contribution in [0.3, 0.4) is 0 Å². The van der Waals surface area contributed by atoms with Crippen LogP contribution in [-0.2, 0) is 6.54 Å². The van der Waals surface area contributed by atoms with E-state index >= 15 is 0 Å². The third-order valence-corrected chi connectivity index (χ3v) is 3.35. The first-order valence-corrected chi connectivity index (χ1v) is 6.46. The van der Waals surface area contributed by atoms with Crippen molar-refractivity contribution in [2.75, 3.05) is 0 Å². The van der Waals surface area contributed by atoms with Gasteiger partial charge in [0.05, 0.1) is 24.1 Å². The van der Waals surface area contributed by atoms with Gasteiger partial charge in [0.1, 0.15) is 0 Å². The van der Waals surface area contributed by atoms with Crippen LogP contribution in [0.2, 0.25) is 0 Å². The van der Waals surface area contributed by atoms with Gasteiger partial charge in [0.2, 0.25) is 0 Å². The summed E-state index contributed by atoms with van der Waals surface area (Å²) in [6.07, 6.45) is 3.26. The fourth-order valence-corrected chi connectivity index (χ4v) is 2.11. The van der Waals surface area contributed by atoms with E-state index in [2.05, 4.69) is 47.1 Å². The highest BCUT2D eigenvalue weighted by Crippen LogP contribution is 2.21. The van der Waals surface area contributed by atoms with Gasteiger partial charge in [-0.25, -0.2) is 4.98 Å². The van der Waals surface area contributed by atoms with E-state index in [9.17, 15) is 4.79 Å². The predicted octanol–water partition coefficient (Wildman–Crippen LogP) is 2.86. The summed E-state index contributed by atoms with van der Waals surface area (Å²) in [4.78, 5) is 18.7. The summed E-state index contributed by atoms with van der Waals surface area (Å²) >= 11 is 6.69. The van der Waals surface area contributed by atoms with Crippen molar-refractivity contribution in [1.82, 2.24) is 15.3 Å². The zero-order chi connectivity index (χ0) is 12.3. The number of hydrogen-bond acceptors (Lipinski definition) is 2. The van der Waals surface area contributed by atoms with Gasteiger partial charge < -0.3 is 10.3 Å². The van der Waals surface area contributed by atoms with E-state index in [0.717, 1.165) is 14.6 Å². The van der Waals surface area contributed by atoms with Crippen LogP contribution in [0.1, 0.15) is 16.1 Å². The summed E-state index contributed by atoms with van der Waals surface area (Å²) in [5, 5.41) is 2.81. The molecule has 0 bridgehead atoms. The van der Waals surface area contributed by atoms with E-state index in [4.69, 9.17) is 0 Å². The molecule has 0 fully saturated rings. The topological polar surface area (TPSA) is 57.8 Å². The lowest BCUT2D eigenvalue weighted by Gasteiger charge is -2.06. The van der Waals surface area contributed by atoms with Crippen molar-refractivity contribution in [3.8, 4) is 0 Å². The zero-order valence-corrected chi connectivity index (χ0v) is 11.9.